The third-order valence-electron chi connectivity index (χ3n) is 1.30. The normalized spacial score (nSPS) is 15.8. The lowest BCUT2D eigenvalue weighted by Gasteiger charge is -2.04. The van der Waals surface area contributed by atoms with Crippen molar-refractivity contribution in [1.82, 2.24) is 0 Å². The molecule has 1 aromatic rings. The van der Waals surface area contributed by atoms with E-state index in [0.717, 1.165) is 7.11 Å². The second-order valence-electron chi connectivity index (χ2n) is 2.00. The molecule has 11 heavy (non-hydrogen) atoms. The van der Waals surface area contributed by atoms with Gasteiger partial charge in [-0.05, 0) is 12.1 Å². The van der Waals surface area contributed by atoms with Crippen molar-refractivity contribution in [2.75, 3.05) is 7.11 Å². The second-order valence-corrected chi connectivity index (χ2v) is 3.84. The Morgan fingerprint density at radius 3 is 2.36 bits per heavy atom. The van der Waals surface area contributed by atoms with Gasteiger partial charge in [0.1, 0.15) is 0 Å². The maximum absolute atomic E-state index is 12.9. The van der Waals surface area contributed by atoms with Crippen LogP contribution in [0.2, 0.25) is 0 Å². The molecule has 0 bridgehead atoms. The first-order chi connectivity index (χ1) is 5.17. The number of hydrogen-bond donors (Lipinski definition) is 0. The van der Waals surface area contributed by atoms with Crippen molar-refractivity contribution in [3.8, 4) is 0 Å². The second kappa shape index (κ2) is 3.16. The molecule has 0 N–H and O–H groups in total. The van der Waals surface area contributed by atoms with Gasteiger partial charge in [-0.25, -0.2) is 4.57 Å². The van der Waals surface area contributed by atoms with Gasteiger partial charge in [0, 0.05) is 7.11 Å². The van der Waals surface area contributed by atoms with Crippen LogP contribution in [0, 0.1) is 0 Å². The Hall–Kier alpha value is -0.660. The zero-order valence-corrected chi connectivity index (χ0v) is 6.92. The summed E-state index contributed by atoms with van der Waals surface area (Å²) in [7, 11) is -2.93. The van der Waals surface area contributed by atoms with Gasteiger partial charge in [0.2, 0.25) is 0 Å². The molecule has 0 aromatic heterocycles. The van der Waals surface area contributed by atoms with Crippen LogP contribution in [0.1, 0.15) is 0 Å². The number of rotatable bonds is 2. The average molecular weight is 174 g/mol. The molecule has 0 spiro atoms. The SMILES string of the molecule is COP(=O)(F)c1ccccc1. The largest absolute Gasteiger partial charge is 0.397 e. The summed E-state index contributed by atoms with van der Waals surface area (Å²) in [5.41, 5.74) is 0. The van der Waals surface area contributed by atoms with Gasteiger partial charge in [0.25, 0.3) is 0 Å². The molecule has 0 aliphatic carbocycles. The first kappa shape index (κ1) is 8.44. The summed E-state index contributed by atoms with van der Waals surface area (Å²) in [6, 6.07) is 7.81. The van der Waals surface area contributed by atoms with Gasteiger partial charge in [0.05, 0.1) is 5.30 Å². The van der Waals surface area contributed by atoms with Crippen molar-refractivity contribution in [2.45, 2.75) is 0 Å². The average Bonchev–Trinajstić information content (AvgIpc) is 2.06. The highest BCUT2D eigenvalue weighted by Gasteiger charge is 2.22. The van der Waals surface area contributed by atoms with Gasteiger partial charge in [-0.15, -0.1) is 0 Å². The third kappa shape index (κ3) is 1.88. The molecule has 1 aromatic carbocycles. The Labute approximate surface area is 64.6 Å². The Morgan fingerprint density at radius 1 is 1.36 bits per heavy atom. The molecular formula is C7H8FO2P. The summed E-state index contributed by atoms with van der Waals surface area (Å²) < 4.78 is 28.0. The van der Waals surface area contributed by atoms with Crippen LogP contribution in [0.5, 0.6) is 0 Å². The number of benzene rings is 1. The highest BCUT2D eigenvalue weighted by molar-refractivity contribution is 7.61. The fourth-order valence-corrected chi connectivity index (χ4v) is 1.45. The molecule has 0 fully saturated rings. The van der Waals surface area contributed by atoms with Crippen LogP contribution >= 0.6 is 7.68 Å². The maximum Gasteiger partial charge on any atom is 0.397 e. The lowest BCUT2D eigenvalue weighted by atomic mass is 10.4. The molecule has 0 aliphatic rings. The predicted molar refractivity (Wildman–Crippen MR) is 41.8 cm³/mol. The molecule has 60 valence electrons. The van der Waals surface area contributed by atoms with Gasteiger partial charge in [-0.2, -0.15) is 4.20 Å². The summed E-state index contributed by atoms with van der Waals surface area (Å²) in [6.07, 6.45) is 0. The van der Waals surface area contributed by atoms with E-state index in [1.54, 1.807) is 18.2 Å². The van der Waals surface area contributed by atoms with E-state index in [1.807, 2.05) is 0 Å². The molecule has 0 amide bonds. The third-order valence-corrected chi connectivity index (χ3v) is 2.68. The highest BCUT2D eigenvalue weighted by Crippen LogP contribution is 2.45. The van der Waals surface area contributed by atoms with Crippen molar-refractivity contribution in [2.24, 2.45) is 0 Å². The molecular weight excluding hydrogens is 166 g/mol. The minimum Gasteiger partial charge on any atom is -0.306 e. The summed E-state index contributed by atoms with van der Waals surface area (Å²) in [5, 5.41) is 0.0995. The van der Waals surface area contributed by atoms with Gasteiger partial charge in [-0.3, -0.25) is 0 Å². The van der Waals surface area contributed by atoms with E-state index in [4.69, 9.17) is 0 Å². The minimum atomic E-state index is -4.03. The Bertz CT molecular complexity index is 273. The molecule has 1 rings (SSSR count). The monoisotopic (exact) mass is 174 g/mol. The standard InChI is InChI=1S/C7H8FO2P/c1-10-11(8,9)7-5-3-2-4-6-7/h2-6H,1H3. The molecule has 0 aliphatic heterocycles. The molecule has 0 radical (unpaired) electrons. The molecule has 4 heteroatoms. The number of hydrogen-bond acceptors (Lipinski definition) is 2. The van der Waals surface area contributed by atoms with Gasteiger partial charge in [0.15, 0.2) is 0 Å². The predicted octanol–water partition coefficient (Wildman–Crippen LogP) is 2.12. The smallest absolute Gasteiger partial charge is 0.306 e. The fraction of sp³-hybridized carbons (Fsp3) is 0.143. The Morgan fingerprint density at radius 2 is 1.91 bits per heavy atom. The first-order valence-corrected chi connectivity index (χ1v) is 4.59. The first-order valence-electron chi connectivity index (χ1n) is 3.08. The molecule has 1 unspecified atom stereocenters. The summed E-state index contributed by atoms with van der Waals surface area (Å²) >= 11 is 0. The lowest BCUT2D eigenvalue weighted by molar-refractivity contribution is 0.367. The van der Waals surface area contributed by atoms with E-state index in [-0.39, 0.29) is 5.30 Å². The van der Waals surface area contributed by atoms with Gasteiger partial charge in [-0.1, -0.05) is 18.2 Å². The van der Waals surface area contributed by atoms with Gasteiger partial charge < -0.3 is 4.52 Å². The molecule has 0 heterocycles. The highest BCUT2D eigenvalue weighted by atomic mass is 31.2. The van der Waals surface area contributed by atoms with Crippen molar-refractivity contribution in [1.29, 1.82) is 0 Å². The van der Waals surface area contributed by atoms with E-state index in [2.05, 4.69) is 4.52 Å². The van der Waals surface area contributed by atoms with E-state index in [1.165, 1.54) is 12.1 Å². The number of halogens is 1. The summed E-state index contributed by atoms with van der Waals surface area (Å²) in [5.74, 6) is 0. The van der Waals surface area contributed by atoms with E-state index >= 15 is 0 Å². The maximum atomic E-state index is 12.9. The van der Waals surface area contributed by atoms with Crippen LogP contribution in [0.15, 0.2) is 30.3 Å². The lowest BCUT2D eigenvalue weighted by Crippen LogP contribution is -2.00. The van der Waals surface area contributed by atoms with Crippen molar-refractivity contribution in [3.63, 3.8) is 0 Å². The Kier molecular flexibility index (Phi) is 2.42. The fourth-order valence-electron chi connectivity index (χ4n) is 0.711. The Balaban J connectivity index is 3.03. The zero-order valence-electron chi connectivity index (χ0n) is 6.03. The van der Waals surface area contributed by atoms with Crippen molar-refractivity contribution >= 4 is 13.0 Å². The molecule has 0 saturated carbocycles. The molecule has 1 atom stereocenters. The van der Waals surface area contributed by atoms with Crippen LogP contribution < -0.4 is 5.30 Å². The van der Waals surface area contributed by atoms with Crippen LogP contribution in [-0.2, 0) is 9.09 Å². The van der Waals surface area contributed by atoms with E-state index in [0.29, 0.717) is 0 Å². The summed E-state index contributed by atoms with van der Waals surface area (Å²) in [4.78, 5) is 0. The van der Waals surface area contributed by atoms with Crippen molar-refractivity contribution in [3.05, 3.63) is 30.3 Å². The van der Waals surface area contributed by atoms with Gasteiger partial charge >= 0.3 is 7.68 Å². The topological polar surface area (TPSA) is 26.3 Å². The minimum absolute atomic E-state index is 0.0995. The van der Waals surface area contributed by atoms with E-state index < -0.39 is 7.68 Å². The molecule has 0 saturated heterocycles. The zero-order chi connectivity index (χ0) is 8.32. The quantitative estimate of drug-likeness (QED) is 0.642. The van der Waals surface area contributed by atoms with Crippen LogP contribution in [-0.4, -0.2) is 7.11 Å². The van der Waals surface area contributed by atoms with Crippen LogP contribution in [0.3, 0.4) is 0 Å². The van der Waals surface area contributed by atoms with Crippen molar-refractivity contribution < 1.29 is 13.3 Å². The van der Waals surface area contributed by atoms with Crippen LogP contribution in [0.25, 0.3) is 0 Å². The van der Waals surface area contributed by atoms with E-state index in [9.17, 15) is 8.76 Å². The molecule has 2 nitrogen and oxygen atoms in total. The summed E-state index contributed by atoms with van der Waals surface area (Å²) in [6.45, 7) is 0. The van der Waals surface area contributed by atoms with Crippen LogP contribution in [0.4, 0.5) is 4.20 Å².